The molecule has 0 bridgehead atoms. The molecule has 0 radical (unpaired) electrons. The van der Waals surface area contributed by atoms with Crippen LogP contribution in [0, 0.1) is 0 Å². The number of halogens is 3. The van der Waals surface area contributed by atoms with Crippen molar-refractivity contribution in [1.82, 2.24) is 5.32 Å². The summed E-state index contributed by atoms with van der Waals surface area (Å²) in [6.07, 6.45) is -1.10. The highest BCUT2D eigenvalue weighted by atomic mass is 35.5. The fourth-order valence-corrected chi connectivity index (χ4v) is 4.16. The first-order valence-electron chi connectivity index (χ1n) is 10.5. The average Bonchev–Trinajstić information content (AvgIpc) is 3.15. The minimum absolute atomic E-state index is 0.0553. The van der Waals surface area contributed by atoms with Crippen molar-refractivity contribution in [3.63, 3.8) is 0 Å². The summed E-state index contributed by atoms with van der Waals surface area (Å²) in [7, 11) is 0. The van der Waals surface area contributed by atoms with Gasteiger partial charge in [0, 0.05) is 16.6 Å². The molecule has 3 N–H and O–H groups in total. The Balaban J connectivity index is 1.35. The van der Waals surface area contributed by atoms with E-state index < -0.39 is 30.4 Å². The summed E-state index contributed by atoms with van der Waals surface area (Å²) in [4.78, 5) is 35.2. The minimum Gasteiger partial charge on any atom is -0.478 e. The van der Waals surface area contributed by atoms with E-state index in [4.69, 9.17) is 21.4 Å². The van der Waals surface area contributed by atoms with Gasteiger partial charge in [0.05, 0.1) is 12.1 Å². The molecule has 180 valence electrons. The van der Waals surface area contributed by atoms with Gasteiger partial charge in [0.2, 0.25) is 0 Å². The highest BCUT2D eigenvalue weighted by Gasteiger charge is 2.39. The number of carbonyl (C=O) groups is 3. The third-order valence-corrected chi connectivity index (χ3v) is 5.75. The van der Waals surface area contributed by atoms with E-state index in [0.717, 1.165) is 40.5 Å². The van der Waals surface area contributed by atoms with E-state index in [2.05, 4.69) is 0 Å². The molecule has 3 aromatic carbocycles. The van der Waals surface area contributed by atoms with Crippen LogP contribution in [0.5, 0.6) is 0 Å². The van der Waals surface area contributed by atoms with Crippen LogP contribution in [0.25, 0.3) is 11.1 Å². The van der Waals surface area contributed by atoms with Crippen LogP contribution >= 0.6 is 11.6 Å². The number of benzene rings is 3. The number of hydrogen-bond donors (Lipinski definition) is 3. The molecule has 0 spiro atoms. The normalized spacial score (nSPS) is 12.4. The topological polar surface area (TPSA) is 105 Å². The van der Waals surface area contributed by atoms with Crippen LogP contribution in [0.1, 0.15) is 27.4 Å². The first kappa shape index (κ1) is 24.2. The largest absolute Gasteiger partial charge is 0.478 e. The van der Waals surface area contributed by atoms with Gasteiger partial charge in [0.15, 0.2) is 0 Å². The Labute approximate surface area is 203 Å². The maximum atomic E-state index is 14.3. The zero-order valence-corrected chi connectivity index (χ0v) is 18.8. The van der Waals surface area contributed by atoms with Gasteiger partial charge >= 0.3 is 18.0 Å². The monoisotopic (exact) mass is 500 g/mol. The molecule has 3 aromatic rings. The summed E-state index contributed by atoms with van der Waals surface area (Å²) in [5.74, 6) is -7.33. The molecule has 1 aliphatic rings. The lowest BCUT2D eigenvalue weighted by Crippen LogP contribution is -2.45. The van der Waals surface area contributed by atoms with Gasteiger partial charge < -0.3 is 20.5 Å². The van der Waals surface area contributed by atoms with E-state index in [1.165, 1.54) is 0 Å². The van der Waals surface area contributed by atoms with Crippen molar-refractivity contribution in [2.24, 2.45) is 0 Å². The van der Waals surface area contributed by atoms with Crippen LogP contribution in [0.3, 0.4) is 0 Å². The van der Waals surface area contributed by atoms with Crippen molar-refractivity contribution < 1.29 is 33.0 Å². The molecule has 2 amide bonds. The highest BCUT2D eigenvalue weighted by Crippen LogP contribution is 2.44. The molecule has 0 aliphatic heterocycles. The van der Waals surface area contributed by atoms with E-state index >= 15 is 0 Å². The van der Waals surface area contributed by atoms with Crippen LogP contribution < -0.4 is 10.6 Å². The first-order chi connectivity index (χ1) is 16.7. The zero-order chi connectivity index (χ0) is 25.2. The fraction of sp³-hybridized carbons (Fsp3) is 0.160. The summed E-state index contributed by atoms with van der Waals surface area (Å²) in [5, 5.41) is 12.8. The molecule has 0 atom stereocenters. The second-order valence-electron chi connectivity index (χ2n) is 7.87. The van der Waals surface area contributed by atoms with Gasteiger partial charge in [-0.1, -0.05) is 60.1 Å². The van der Waals surface area contributed by atoms with Crippen LogP contribution in [0.4, 0.5) is 19.3 Å². The molecule has 1 aliphatic carbocycles. The zero-order valence-electron chi connectivity index (χ0n) is 18.1. The van der Waals surface area contributed by atoms with Crippen LogP contribution in [-0.2, 0) is 9.53 Å². The van der Waals surface area contributed by atoms with Crippen LogP contribution in [0.2, 0.25) is 5.02 Å². The fourth-order valence-electron chi connectivity index (χ4n) is 3.92. The smallest absolute Gasteiger partial charge is 0.407 e. The highest BCUT2D eigenvalue weighted by molar-refractivity contribution is 6.31. The molecule has 0 heterocycles. The lowest BCUT2D eigenvalue weighted by atomic mass is 9.98. The Morgan fingerprint density at radius 1 is 0.971 bits per heavy atom. The van der Waals surface area contributed by atoms with Crippen molar-refractivity contribution in [1.29, 1.82) is 0 Å². The number of carboxylic acid groups (broad SMARTS) is 1. The van der Waals surface area contributed by atoms with Crippen molar-refractivity contribution in [2.45, 2.75) is 11.8 Å². The summed E-state index contributed by atoms with van der Waals surface area (Å²) in [6.45, 7) is -1.39. The van der Waals surface area contributed by atoms with E-state index in [0.29, 0.717) is 0 Å². The summed E-state index contributed by atoms with van der Waals surface area (Å²) in [6, 6.07) is 18.6. The molecule has 35 heavy (non-hydrogen) atoms. The summed E-state index contributed by atoms with van der Waals surface area (Å²) >= 11 is 5.77. The van der Waals surface area contributed by atoms with E-state index in [1.807, 2.05) is 59.2 Å². The Morgan fingerprint density at radius 3 is 2.17 bits per heavy atom. The number of carboxylic acids is 1. The number of carbonyl (C=O) groups excluding carboxylic acids is 2. The van der Waals surface area contributed by atoms with Gasteiger partial charge in [-0.25, -0.2) is 9.59 Å². The minimum atomic E-state index is -4.00. The van der Waals surface area contributed by atoms with E-state index in [1.54, 1.807) is 0 Å². The third kappa shape index (κ3) is 5.25. The SMILES string of the molecule is O=C(NCC(F)(F)C(=O)Nc1cc(Cl)cc(C(=O)O)c1)OCC1c2ccccc2-c2ccccc21. The average molecular weight is 501 g/mol. The number of nitrogens with one attached hydrogen (secondary N) is 2. The predicted octanol–water partition coefficient (Wildman–Crippen LogP) is 5.15. The summed E-state index contributed by atoms with van der Waals surface area (Å²) in [5.41, 5.74) is 3.47. The number of amides is 2. The number of anilines is 1. The maximum Gasteiger partial charge on any atom is 0.407 e. The molecule has 0 fully saturated rings. The van der Waals surface area contributed by atoms with E-state index in [9.17, 15) is 23.2 Å². The Bertz CT molecular complexity index is 1270. The Morgan fingerprint density at radius 2 is 1.57 bits per heavy atom. The van der Waals surface area contributed by atoms with Crippen molar-refractivity contribution in [3.8, 4) is 11.1 Å². The number of alkyl carbamates (subject to hydrolysis) is 1. The lowest BCUT2D eigenvalue weighted by molar-refractivity contribution is -0.138. The molecule has 0 saturated heterocycles. The number of ether oxygens (including phenoxy) is 1. The number of aromatic carboxylic acids is 1. The molecule has 0 aromatic heterocycles. The van der Waals surface area contributed by atoms with Gasteiger partial charge in [0.1, 0.15) is 6.61 Å². The molecule has 4 rings (SSSR count). The molecule has 7 nitrogen and oxygen atoms in total. The third-order valence-electron chi connectivity index (χ3n) is 5.53. The molecule has 10 heteroatoms. The van der Waals surface area contributed by atoms with Gasteiger partial charge in [-0.2, -0.15) is 8.78 Å². The van der Waals surface area contributed by atoms with Crippen molar-refractivity contribution >= 4 is 35.3 Å². The Hall–Kier alpha value is -3.98. The molecule has 0 saturated carbocycles. The Kier molecular flexibility index (Phi) is 6.70. The number of alkyl halides is 2. The number of rotatable bonds is 7. The molecular weight excluding hydrogens is 482 g/mol. The van der Waals surface area contributed by atoms with Crippen LogP contribution in [-0.4, -0.2) is 42.2 Å². The summed E-state index contributed by atoms with van der Waals surface area (Å²) < 4.78 is 33.8. The standard InChI is InChI=1S/C25H19ClF2N2O5/c26-15-9-14(22(31)32)10-16(11-15)30-23(33)25(27,28)13-29-24(34)35-12-21-19-7-3-1-5-17(19)18-6-2-4-8-20(18)21/h1-11,21H,12-13H2,(H,29,34)(H,30,33)(H,31,32). The van der Waals surface area contributed by atoms with Gasteiger partial charge in [0.25, 0.3) is 5.91 Å². The second kappa shape index (κ2) is 9.71. The number of fused-ring (bicyclic) bond motifs is 3. The van der Waals surface area contributed by atoms with Gasteiger partial charge in [-0.15, -0.1) is 0 Å². The quantitative estimate of drug-likeness (QED) is 0.416. The van der Waals surface area contributed by atoms with Gasteiger partial charge in [-0.05, 0) is 40.5 Å². The van der Waals surface area contributed by atoms with Crippen LogP contribution in [0.15, 0.2) is 66.7 Å². The maximum absolute atomic E-state index is 14.3. The number of hydrogen-bond acceptors (Lipinski definition) is 4. The van der Waals surface area contributed by atoms with Crippen molar-refractivity contribution in [3.05, 3.63) is 88.4 Å². The predicted molar refractivity (Wildman–Crippen MR) is 125 cm³/mol. The molecular formula is C25H19ClF2N2O5. The second-order valence-corrected chi connectivity index (χ2v) is 8.31. The lowest BCUT2D eigenvalue weighted by Gasteiger charge is -2.18. The molecule has 0 unspecified atom stereocenters. The first-order valence-corrected chi connectivity index (χ1v) is 10.9. The van der Waals surface area contributed by atoms with E-state index in [-0.39, 0.29) is 28.8 Å². The van der Waals surface area contributed by atoms with Crippen molar-refractivity contribution in [2.75, 3.05) is 18.5 Å². The van der Waals surface area contributed by atoms with Gasteiger partial charge in [-0.3, -0.25) is 4.79 Å².